The summed E-state index contributed by atoms with van der Waals surface area (Å²) in [6.45, 7) is 6.97. The van der Waals surface area contributed by atoms with Gasteiger partial charge in [0.2, 0.25) is 11.1 Å². The minimum atomic E-state index is -0.600. The fourth-order valence-corrected chi connectivity index (χ4v) is 6.14. The number of esters is 1. The van der Waals surface area contributed by atoms with E-state index in [1.807, 2.05) is 38.1 Å². The molecule has 1 unspecified atom stereocenters. The Morgan fingerprint density at radius 2 is 1.90 bits per heavy atom. The second-order valence-corrected chi connectivity index (χ2v) is 11.6. The molecule has 10 heteroatoms. The highest BCUT2D eigenvalue weighted by molar-refractivity contribution is 7.98. The van der Waals surface area contributed by atoms with Gasteiger partial charge in [0.15, 0.2) is 11.5 Å². The van der Waals surface area contributed by atoms with Gasteiger partial charge in [-0.2, -0.15) is 4.98 Å². The number of rotatable bonds is 12. The summed E-state index contributed by atoms with van der Waals surface area (Å²) in [7, 11) is 0. The molecule has 5 rings (SSSR count). The van der Waals surface area contributed by atoms with Crippen LogP contribution in [-0.4, -0.2) is 40.1 Å². The second-order valence-electron chi connectivity index (χ2n) is 10.6. The number of nitrogens with zero attached hydrogens (tertiary/aromatic N) is 3. The fourth-order valence-electron chi connectivity index (χ4n) is 5.33. The number of unbranched alkanes of at least 4 members (excludes halogenated alkanes) is 1. The number of fused-ring (bicyclic) bond motifs is 1. The summed E-state index contributed by atoms with van der Waals surface area (Å²) in [6, 6.07) is 11.8. The molecule has 2 aromatic carbocycles. The van der Waals surface area contributed by atoms with Crippen LogP contribution in [0.1, 0.15) is 82.9 Å². The number of hydrogen-bond donors (Lipinski definition) is 1. The van der Waals surface area contributed by atoms with Crippen LogP contribution in [0, 0.1) is 5.82 Å². The van der Waals surface area contributed by atoms with E-state index in [2.05, 4.69) is 12.2 Å². The Balaban J connectivity index is 1.50. The van der Waals surface area contributed by atoms with E-state index in [-0.39, 0.29) is 17.9 Å². The maximum absolute atomic E-state index is 14.3. The Labute approximate surface area is 251 Å². The number of ether oxygens (including phenoxy) is 3. The van der Waals surface area contributed by atoms with Gasteiger partial charge in [-0.15, -0.1) is 5.10 Å². The Morgan fingerprint density at radius 3 is 2.67 bits per heavy atom. The van der Waals surface area contributed by atoms with Gasteiger partial charge in [-0.1, -0.05) is 55.8 Å². The number of nitrogens with one attached hydrogen (secondary N) is 1. The van der Waals surface area contributed by atoms with Crippen molar-refractivity contribution in [1.29, 1.82) is 0 Å². The number of thioether (sulfide) groups is 1. The third kappa shape index (κ3) is 6.91. The predicted octanol–water partition coefficient (Wildman–Crippen LogP) is 7.45. The maximum atomic E-state index is 14.3. The molecular weight excluding hydrogens is 555 g/mol. The largest absolute Gasteiger partial charge is 0.490 e. The lowest BCUT2D eigenvalue weighted by molar-refractivity contribution is -0.146. The Morgan fingerprint density at radius 1 is 1.10 bits per heavy atom. The van der Waals surface area contributed by atoms with Gasteiger partial charge in [0.1, 0.15) is 18.0 Å². The zero-order valence-corrected chi connectivity index (χ0v) is 25.3. The van der Waals surface area contributed by atoms with Gasteiger partial charge in [-0.25, -0.2) is 13.9 Å². The summed E-state index contributed by atoms with van der Waals surface area (Å²) < 4.78 is 34.0. The Hall–Kier alpha value is -3.53. The third-order valence-corrected chi connectivity index (χ3v) is 8.42. The number of carbonyl (C=O) groups is 1. The monoisotopic (exact) mass is 594 g/mol. The number of allylic oxidation sites excluding steroid dienone is 1. The number of aromatic nitrogens is 3. The molecular formula is C32H39FN4O4S. The number of benzene rings is 2. The number of carbonyl (C=O) groups excluding carboxylic acids is 1. The van der Waals surface area contributed by atoms with Crippen molar-refractivity contribution in [2.75, 3.05) is 18.5 Å². The van der Waals surface area contributed by atoms with E-state index in [9.17, 15) is 9.18 Å². The smallest absolute Gasteiger partial charge is 0.338 e. The van der Waals surface area contributed by atoms with E-state index < -0.39 is 6.04 Å². The van der Waals surface area contributed by atoms with Crippen molar-refractivity contribution >= 4 is 23.7 Å². The first kappa shape index (κ1) is 29.9. The van der Waals surface area contributed by atoms with E-state index >= 15 is 0 Å². The highest BCUT2D eigenvalue weighted by Gasteiger charge is 2.37. The van der Waals surface area contributed by atoms with Gasteiger partial charge < -0.3 is 19.5 Å². The number of anilines is 1. The summed E-state index contributed by atoms with van der Waals surface area (Å²) in [5.41, 5.74) is 2.51. The molecule has 0 amide bonds. The second kappa shape index (κ2) is 14.1. The number of hydrogen-bond acceptors (Lipinski definition) is 8. The molecule has 1 saturated carbocycles. The zero-order valence-electron chi connectivity index (χ0n) is 24.5. The molecule has 1 atom stereocenters. The van der Waals surface area contributed by atoms with Crippen molar-refractivity contribution in [3.63, 3.8) is 0 Å². The van der Waals surface area contributed by atoms with E-state index in [0.29, 0.717) is 58.4 Å². The quantitative estimate of drug-likeness (QED) is 0.131. The minimum Gasteiger partial charge on any atom is -0.490 e. The molecule has 1 fully saturated rings. The summed E-state index contributed by atoms with van der Waals surface area (Å²) in [5, 5.41) is 8.54. The van der Waals surface area contributed by atoms with Crippen molar-refractivity contribution < 1.29 is 23.4 Å². The van der Waals surface area contributed by atoms with E-state index in [0.717, 1.165) is 44.1 Å². The van der Waals surface area contributed by atoms with Crippen LogP contribution in [0.2, 0.25) is 0 Å². The summed E-state index contributed by atoms with van der Waals surface area (Å²) in [5.74, 6) is 1.53. The van der Waals surface area contributed by atoms with Gasteiger partial charge in [-0.3, -0.25) is 0 Å². The molecule has 0 radical (unpaired) electrons. The topological polar surface area (TPSA) is 87.5 Å². The summed E-state index contributed by atoms with van der Waals surface area (Å²) in [4.78, 5) is 18.5. The van der Waals surface area contributed by atoms with Crippen LogP contribution in [0.4, 0.5) is 10.3 Å². The molecule has 1 aliphatic carbocycles. The average Bonchev–Trinajstić information content (AvgIpc) is 3.39. The predicted molar refractivity (Wildman–Crippen MR) is 161 cm³/mol. The fraction of sp³-hybridized carbons (Fsp3) is 0.469. The molecule has 2 heterocycles. The molecule has 0 saturated heterocycles. The first-order valence-electron chi connectivity index (χ1n) is 14.9. The van der Waals surface area contributed by atoms with E-state index in [1.54, 1.807) is 16.8 Å². The lowest BCUT2D eigenvalue weighted by Gasteiger charge is -2.30. The van der Waals surface area contributed by atoms with Crippen LogP contribution in [0.25, 0.3) is 0 Å². The van der Waals surface area contributed by atoms with Crippen molar-refractivity contribution in [2.24, 2.45) is 0 Å². The maximum Gasteiger partial charge on any atom is 0.338 e. The Bertz CT molecular complexity index is 1420. The minimum absolute atomic E-state index is 0.0930. The molecule has 8 nitrogen and oxygen atoms in total. The molecule has 0 spiro atoms. The van der Waals surface area contributed by atoms with Crippen LogP contribution in [0.15, 0.2) is 58.9 Å². The van der Waals surface area contributed by atoms with Crippen molar-refractivity contribution in [2.45, 2.75) is 88.8 Å². The number of halogens is 1. The molecule has 0 bridgehead atoms. The molecule has 224 valence electrons. The summed E-state index contributed by atoms with van der Waals surface area (Å²) >= 11 is 1.34. The first-order chi connectivity index (χ1) is 20.5. The molecule has 2 aliphatic rings. The van der Waals surface area contributed by atoms with Crippen LogP contribution < -0.4 is 14.8 Å². The van der Waals surface area contributed by atoms with Crippen molar-refractivity contribution in [1.82, 2.24) is 14.8 Å². The average molecular weight is 595 g/mol. The van der Waals surface area contributed by atoms with Gasteiger partial charge in [0.05, 0.1) is 18.8 Å². The van der Waals surface area contributed by atoms with E-state index in [1.165, 1.54) is 24.2 Å². The molecule has 1 aliphatic heterocycles. The molecule has 42 heavy (non-hydrogen) atoms. The third-order valence-electron chi connectivity index (χ3n) is 7.53. The van der Waals surface area contributed by atoms with Gasteiger partial charge in [0, 0.05) is 11.4 Å². The van der Waals surface area contributed by atoms with Crippen molar-refractivity contribution in [3.8, 4) is 11.5 Å². The lowest BCUT2D eigenvalue weighted by atomic mass is 9.94. The van der Waals surface area contributed by atoms with Crippen molar-refractivity contribution in [3.05, 3.63) is 70.7 Å². The van der Waals surface area contributed by atoms with Gasteiger partial charge >= 0.3 is 5.97 Å². The normalized spacial score (nSPS) is 17.0. The lowest BCUT2D eigenvalue weighted by Crippen LogP contribution is -2.32. The van der Waals surface area contributed by atoms with Crippen LogP contribution in [0.3, 0.4) is 0 Å². The highest BCUT2D eigenvalue weighted by Crippen LogP contribution is 2.40. The SMILES string of the molecule is CCCCOc1ccc(C2C(C(=O)OC3CCCCC3)=C(C)Nc3nc(SCc4ccccc4F)nn32)cc1OCC. The molecule has 1 aromatic heterocycles. The molecule has 1 N–H and O–H groups in total. The first-order valence-corrected chi connectivity index (χ1v) is 15.9. The highest BCUT2D eigenvalue weighted by atomic mass is 32.2. The zero-order chi connectivity index (χ0) is 29.5. The van der Waals surface area contributed by atoms with Crippen LogP contribution in [-0.2, 0) is 15.3 Å². The standard InChI is InChI=1S/C32H39FN4O4S/c1-4-6-18-40-26-17-16-22(19-27(26)39-5-2)29-28(30(38)41-24-13-8-7-9-14-24)21(3)34-31-35-32(36-37(29)31)42-20-23-12-10-11-15-25(23)33/h10-12,15-17,19,24,29H,4-9,13-14,18,20H2,1-3H3,(H,34,35,36). The molecule has 3 aromatic rings. The Kier molecular flexibility index (Phi) is 10.0. The summed E-state index contributed by atoms with van der Waals surface area (Å²) in [6.07, 6.45) is 6.91. The van der Waals surface area contributed by atoms with Gasteiger partial charge in [0.25, 0.3) is 0 Å². The van der Waals surface area contributed by atoms with Gasteiger partial charge in [-0.05, 0) is 75.3 Å². The van der Waals surface area contributed by atoms with Crippen LogP contribution >= 0.6 is 11.8 Å². The van der Waals surface area contributed by atoms with Crippen LogP contribution in [0.5, 0.6) is 11.5 Å². The van der Waals surface area contributed by atoms with E-state index in [4.69, 9.17) is 24.3 Å².